The molecule has 5 heteroatoms. The second kappa shape index (κ2) is 5.70. The van der Waals surface area contributed by atoms with Gasteiger partial charge in [0.1, 0.15) is 5.75 Å². The highest BCUT2D eigenvalue weighted by atomic mass is 19.4. The third kappa shape index (κ3) is 4.09. The van der Waals surface area contributed by atoms with Gasteiger partial charge in [-0.25, -0.2) is 0 Å². The van der Waals surface area contributed by atoms with Gasteiger partial charge in [-0.15, -0.1) is 0 Å². The monoisotopic (exact) mass is 246 g/mol. The lowest BCUT2D eigenvalue weighted by atomic mass is 10.1. The molecule has 0 saturated carbocycles. The number of alkyl halides is 3. The fourth-order valence-corrected chi connectivity index (χ4v) is 1.23. The highest BCUT2D eigenvalue weighted by molar-refractivity contribution is 6.00. The Morgan fingerprint density at radius 2 is 2.06 bits per heavy atom. The van der Waals surface area contributed by atoms with E-state index in [0.717, 1.165) is 25.0 Å². The van der Waals surface area contributed by atoms with Gasteiger partial charge in [-0.2, -0.15) is 13.2 Å². The number of carbonyl (C=O) groups is 1. The molecular weight excluding hydrogens is 233 g/mol. The fourth-order valence-electron chi connectivity index (χ4n) is 1.23. The maximum absolute atomic E-state index is 12.2. The van der Waals surface area contributed by atoms with E-state index in [1.54, 1.807) is 0 Å². The van der Waals surface area contributed by atoms with Crippen molar-refractivity contribution in [1.29, 1.82) is 0 Å². The molecule has 0 aliphatic rings. The minimum Gasteiger partial charge on any atom is -0.494 e. The molecule has 0 saturated heterocycles. The van der Waals surface area contributed by atoms with Crippen LogP contribution in [0, 0.1) is 0 Å². The number of ketones is 1. The van der Waals surface area contributed by atoms with Crippen LogP contribution in [0.15, 0.2) is 24.3 Å². The minimum atomic E-state index is -4.85. The Kier molecular flexibility index (Phi) is 4.54. The molecule has 1 aromatic carbocycles. The van der Waals surface area contributed by atoms with Crippen LogP contribution < -0.4 is 4.74 Å². The predicted octanol–water partition coefficient (Wildman–Crippen LogP) is 3.61. The van der Waals surface area contributed by atoms with E-state index in [4.69, 9.17) is 4.74 Å². The summed E-state index contributed by atoms with van der Waals surface area (Å²) in [5, 5.41) is 0. The SMILES string of the molecule is CCCCOc1cccc(C(=O)C(F)(F)F)c1. The molecule has 0 aliphatic carbocycles. The van der Waals surface area contributed by atoms with Gasteiger partial charge in [-0.05, 0) is 18.6 Å². The van der Waals surface area contributed by atoms with E-state index in [2.05, 4.69) is 0 Å². The first-order valence-electron chi connectivity index (χ1n) is 5.29. The molecule has 0 bridgehead atoms. The molecular formula is C12H13F3O2. The van der Waals surface area contributed by atoms with E-state index < -0.39 is 17.5 Å². The van der Waals surface area contributed by atoms with Gasteiger partial charge in [0.05, 0.1) is 6.61 Å². The average molecular weight is 246 g/mol. The van der Waals surface area contributed by atoms with Gasteiger partial charge in [0.2, 0.25) is 0 Å². The summed E-state index contributed by atoms with van der Waals surface area (Å²) in [6, 6.07) is 5.15. The highest BCUT2D eigenvalue weighted by Crippen LogP contribution is 2.23. The maximum Gasteiger partial charge on any atom is 0.454 e. The molecule has 0 spiro atoms. The van der Waals surface area contributed by atoms with E-state index in [-0.39, 0.29) is 5.75 Å². The quantitative estimate of drug-likeness (QED) is 0.586. The average Bonchev–Trinajstić information content (AvgIpc) is 2.28. The smallest absolute Gasteiger partial charge is 0.454 e. The van der Waals surface area contributed by atoms with Crippen LogP contribution in [-0.2, 0) is 0 Å². The summed E-state index contributed by atoms with van der Waals surface area (Å²) in [6.07, 6.45) is -3.10. The standard InChI is InChI=1S/C12H13F3O2/c1-2-3-7-17-10-6-4-5-9(8-10)11(16)12(13,14)15/h4-6,8H,2-3,7H2,1H3. The molecule has 0 atom stereocenters. The third-order valence-corrected chi connectivity index (χ3v) is 2.12. The van der Waals surface area contributed by atoms with Crippen molar-refractivity contribution in [2.45, 2.75) is 25.9 Å². The molecule has 0 N–H and O–H groups in total. The number of ether oxygens (including phenoxy) is 1. The number of carbonyl (C=O) groups excluding carboxylic acids is 1. The zero-order valence-electron chi connectivity index (χ0n) is 9.38. The van der Waals surface area contributed by atoms with Crippen LogP contribution in [0.1, 0.15) is 30.1 Å². The Bertz CT molecular complexity index is 386. The summed E-state index contributed by atoms with van der Waals surface area (Å²) in [4.78, 5) is 11.0. The number of unbranched alkanes of at least 4 members (excludes halogenated alkanes) is 1. The fraction of sp³-hybridized carbons (Fsp3) is 0.417. The van der Waals surface area contributed by atoms with Crippen molar-refractivity contribution in [2.24, 2.45) is 0 Å². The number of benzene rings is 1. The molecule has 0 amide bonds. The summed E-state index contributed by atoms with van der Waals surface area (Å²) in [7, 11) is 0. The molecule has 94 valence electrons. The van der Waals surface area contributed by atoms with E-state index in [0.29, 0.717) is 6.61 Å². The van der Waals surface area contributed by atoms with Crippen molar-refractivity contribution in [3.63, 3.8) is 0 Å². The third-order valence-electron chi connectivity index (χ3n) is 2.12. The van der Waals surface area contributed by atoms with Crippen molar-refractivity contribution in [3.05, 3.63) is 29.8 Å². The summed E-state index contributed by atoms with van der Waals surface area (Å²) >= 11 is 0. The topological polar surface area (TPSA) is 26.3 Å². The zero-order valence-corrected chi connectivity index (χ0v) is 9.38. The largest absolute Gasteiger partial charge is 0.494 e. The number of hydrogen-bond acceptors (Lipinski definition) is 2. The molecule has 17 heavy (non-hydrogen) atoms. The van der Waals surface area contributed by atoms with Crippen LogP contribution in [0.2, 0.25) is 0 Å². The minimum absolute atomic E-state index is 0.286. The van der Waals surface area contributed by atoms with E-state index in [9.17, 15) is 18.0 Å². The van der Waals surface area contributed by atoms with Crippen LogP contribution in [0.4, 0.5) is 13.2 Å². The lowest BCUT2D eigenvalue weighted by molar-refractivity contribution is -0.0885. The molecule has 0 radical (unpaired) electrons. The second-order valence-corrected chi connectivity index (χ2v) is 3.56. The molecule has 0 aromatic heterocycles. The Balaban J connectivity index is 2.75. The lowest BCUT2D eigenvalue weighted by Gasteiger charge is -2.08. The summed E-state index contributed by atoms with van der Waals surface area (Å²) in [6.45, 7) is 2.41. The molecule has 0 unspecified atom stereocenters. The van der Waals surface area contributed by atoms with Gasteiger partial charge < -0.3 is 4.74 Å². The van der Waals surface area contributed by atoms with Gasteiger partial charge in [0.15, 0.2) is 0 Å². The van der Waals surface area contributed by atoms with Gasteiger partial charge in [-0.3, -0.25) is 4.79 Å². The molecule has 0 fully saturated rings. The van der Waals surface area contributed by atoms with Crippen molar-refractivity contribution >= 4 is 5.78 Å². The first kappa shape index (κ1) is 13.5. The number of rotatable bonds is 5. The predicted molar refractivity (Wildman–Crippen MR) is 57.2 cm³/mol. The Labute approximate surface area is 97.4 Å². The maximum atomic E-state index is 12.2. The highest BCUT2D eigenvalue weighted by Gasteiger charge is 2.39. The summed E-state index contributed by atoms with van der Waals surface area (Å²) in [5.74, 6) is -1.56. The van der Waals surface area contributed by atoms with Crippen molar-refractivity contribution in [3.8, 4) is 5.75 Å². The number of halogens is 3. The molecule has 1 rings (SSSR count). The lowest BCUT2D eigenvalue weighted by Crippen LogP contribution is -2.22. The van der Waals surface area contributed by atoms with Gasteiger partial charge in [-0.1, -0.05) is 25.5 Å². The number of Topliss-reactive ketones (excluding diaryl/α,β-unsaturated/α-hetero) is 1. The van der Waals surface area contributed by atoms with Crippen molar-refractivity contribution in [1.82, 2.24) is 0 Å². The zero-order chi connectivity index (χ0) is 12.9. The van der Waals surface area contributed by atoms with Crippen LogP contribution in [0.3, 0.4) is 0 Å². The van der Waals surface area contributed by atoms with Gasteiger partial charge in [0.25, 0.3) is 5.78 Å². The summed E-state index contributed by atoms with van der Waals surface area (Å²) in [5.41, 5.74) is -0.397. The first-order valence-corrected chi connectivity index (χ1v) is 5.29. The van der Waals surface area contributed by atoms with Crippen molar-refractivity contribution in [2.75, 3.05) is 6.61 Å². The van der Waals surface area contributed by atoms with Crippen LogP contribution in [-0.4, -0.2) is 18.6 Å². The van der Waals surface area contributed by atoms with Crippen LogP contribution in [0.5, 0.6) is 5.75 Å². The molecule has 0 heterocycles. The Morgan fingerprint density at radius 1 is 1.35 bits per heavy atom. The van der Waals surface area contributed by atoms with Crippen LogP contribution in [0.25, 0.3) is 0 Å². The Hall–Kier alpha value is -1.52. The van der Waals surface area contributed by atoms with E-state index in [1.807, 2.05) is 6.92 Å². The normalized spacial score (nSPS) is 11.3. The van der Waals surface area contributed by atoms with E-state index >= 15 is 0 Å². The Morgan fingerprint density at radius 3 is 2.65 bits per heavy atom. The van der Waals surface area contributed by atoms with Gasteiger partial charge >= 0.3 is 6.18 Å². The molecule has 1 aromatic rings. The number of hydrogen-bond donors (Lipinski definition) is 0. The van der Waals surface area contributed by atoms with E-state index in [1.165, 1.54) is 12.1 Å². The summed E-state index contributed by atoms with van der Waals surface area (Å²) < 4.78 is 41.8. The second-order valence-electron chi connectivity index (χ2n) is 3.56. The van der Waals surface area contributed by atoms with Crippen molar-refractivity contribution < 1.29 is 22.7 Å². The van der Waals surface area contributed by atoms with Gasteiger partial charge in [0, 0.05) is 5.56 Å². The molecule has 2 nitrogen and oxygen atoms in total. The molecule has 0 aliphatic heterocycles. The van der Waals surface area contributed by atoms with Crippen LogP contribution >= 0.6 is 0 Å². The first-order chi connectivity index (χ1) is 7.95.